The van der Waals surface area contributed by atoms with Crippen LogP contribution in [0.4, 0.5) is 13.2 Å². The van der Waals surface area contributed by atoms with Gasteiger partial charge < -0.3 is 5.11 Å². The fourth-order valence-corrected chi connectivity index (χ4v) is 1.29. The molecule has 0 aliphatic carbocycles. The van der Waals surface area contributed by atoms with Gasteiger partial charge in [0.1, 0.15) is 0 Å². The van der Waals surface area contributed by atoms with Gasteiger partial charge >= 0.3 is 6.18 Å². The Hall–Kier alpha value is -0.690. The smallest absolute Gasteiger partial charge is 0.387 e. The molecule has 0 fully saturated rings. The maximum absolute atomic E-state index is 11.7. The summed E-state index contributed by atoms with van der Waals surface area (Å²) in [6, 6.07) is 0. The van der Waals surface area contributed by atoms with Crippen molar-refractivity contribution < 1.29 is 18.3 Å². The Kier molecular flexibility index (Phi) is 3.21. The molecule has 0 spiro atoms. The second-order valence-corrected chi connectivity index (χ2v) is 3.31. The monoisotopic (exact) mass is 212 g/mol. The average molecular weight is 212 g/mol. The third-order valence-corrected chi connectivity index (χ3v) is 2.17. The lowest BCUT2D eigenvalue weighted by molar-refractivity contribution is -0.140. The van der Waals surface area contributed by atoms with Crippen molar-refractivity contribution in [3.05, 3.63) is 11.1 Å². The van der Waals surface area contributed by atoms with Gasteiger partial charge in [-0.2, -0.15) is 13.2 Å². The van der Waals surface area contributed by atoms with Crippen molar-refractivity contribution in [2.75, 3.05) is 0 Å². The first kappa shape index (κ1) is 10.4. The molecule has 3 nitrogen and oxygen atoms in total. The number of aliphatic hydroxyl groups is 1. The first-order chi connectivity index (χ1) is 5.99. The predicted octanol–water partition coefficient (Wildman–Crippen LogP) is 1.91. The van der Waals surface area contributed by atoms with Gasteiger partial charge in [0.2, 0.25) is 0 Å². The molecule has 1 heterocycles. The van der Waals surface area contributed by atoms with Crippen LogP contribution < -0.4 is 0 Å². The zero-order valence-corrected chi connectivity index (χ0v) is 7.27. The number of aromatic nitrogens is 2. The first-order valence-corrected chi connectivity index (χ1v) is 4.28. The van der Waals surface area contributed by atoms with Crippen molar-refractivity contribution >= 4 is 11.5 Å². The molecular weight excluding hydrogens is 205 g/mol. The Morgan fingerprint density at radius 3 is 2.69 bits per heavy atom. The van der Waals surface area contributed by atoms with Crippen molar-refractivity contribution in [2.24, 2.45) is 0 Å². The number of aliphatic hydroxyl groups excluding tert-OH is 1. The molecule has 0 bridgehead atoms. The average Bonchev–Trinajstić information content (AvgIpc) is 2.50. The number of halogens is 3. The predicted molar refractivity (Wildman–Crippen MR) is 40.2 cm³/mol. The molecule has 1 atom stereocenters. The van der Waals surface area contributed by atoms with Crippen LogP contribution >= 0.6 is 11.5 Å². The number of alkyl halides is 3. The second kappa shape index (κ2) is 4.01. The fourth-order valence-electron chi connectivity index (χ4n) is 0.764. The SMILES string of the molecule is OC(CCC(F)(F)F)c1cnns1. The zero-order valence-electron chi connectivity index (χ0n) is 6.45. The van der Waals surface area contributed by atoms with E-state index >= 15 is 0 Å². The summed E-state index contributed by atoms with van der Waals surface area (Å²) in [5.74, 6) is 0. The standard InChI is InChI=1S/C6H7F3N2OS/c7-6(8,9)2-1-4(12)5-3-10-11-13-5/h3-4,12H,1-2H2. The molecule has 13 heavy (non-hydrogen) atoms. The number of nitrogens with zero attached hydrogens (tertiary/aromatic N) is 2. The second-order valence-electron chi connectivity index (χ2n) is 2.49. The van der Waals surface area contributed by atoms with Crippen molar-refractivity contribution in [1.29, 1.82) is 0 Å². The molecule has 0 radical (unpaired) electrons. The molecule has 0 amide bonds. The van der Waals surface area contributed by atoms with Crippen LogP contribution in [0.25, 0.3) is 0 Å². The largest absolute Gasteiger partial charge is 0.389 e. The van der Waals surface area contributed by atoms with Gasteiger partial charge in [-0.1, -0.05) is 4.49 Å². The van der Waals surface area contributed by atoms with E-state index in [1.165, 1.54) is 6.20 Å². The molecule has 74 valence electrons. The number of rotatable bonds is 3. The van der Waals surface area contributed by atoms with E-state index < -0.39 is 18.7 Å². The van der Waals surface area contributed by atoms with Crippen molar-refractivity contribution in [3.63, 3.8) is 0 Å². The van der Waals surface area contributed by atoms with E-state index in [0.717, 1.165) is 11.5 Å². The van der Waals surface area contributed by atoms with Crippen molar-refractivity contribution in [3.8, 4) is 0 Å². The van der Waals surface area contributed by atoms with E-state index in [1.54, 1.807) is 0 Å². The van der Waals surface area contributed by atoms with Gasteiger partial charge in [-0.3, -0.25) is 0 Å². The molecule has 1 unspecified atom stereocenters. The third-order valence-electron chi connectivity index (χ3n) is 1.41. The third kappa shape index (κ3) is 3.69. The van der Waals surface area contributed by atoms with E-state index in [2.05, 4.69) is 9.59 Å². The van der Waals surface area contributed by atoms with E-state index in [-0.39, 0.29) is 6.42 Å². The normalized spacial score (nSPS) is 14.5. The molecule has 1 N–H and O–H groups in total. The summed E-state index contributed by atoms with van der Waals surface area (Å²) >= 11 is 0.903. The summed E-state index contributed by atoms with van der Waals surface area (Å²) in [5, 5.41) is 12.6. The van der Waals surface area contributed by atoms with E-state index in [0.29, 0.717) is 4.88 Å². The lowest BCUT2D eigenvalue weighted by atomic mass is 10.2. The van der Waals surface area contributed by atoms with Gasteiger partial charge in [0, 0.05) is 6.42 Å². The van der Waals surface area contributed by atoms with E-state index in [1.807, 2.05) is 0 Å². The summed E-state index contributed by atoms with van der Waals surface area (Å²) in [6.45, 7) is 0. The highest BCUT2D eigenvalue weighted by Gasteiger charge is 2.28. The van der Waals surface area contributed by atoms with Gasteiger partial charge in [0.15, 0.2) is 0 Å². The Morgan fingerprint density at radius 1 is 1.54 bits per heavy atom. The van der Waals surface area contributed by atoms with Gasteiger partial charge in [-0.15, -0.1) is 5.10 Å². The molecule has 0 aromatic carbocycles. The molecule has 1 aromatic heterocycles. The van der Waals surface area contributed by atoms with E-state index in [9.17, 15) is 18.3 Å². The van der Waals surface area contributed by atoms with Crippen LogP contribution in [0.5, 0.6) is 0 Å². The summed E-state index contributed by atoms with van der Waals surface area (Å²) in [4.78, 5) is 0.365. The molecule has 0 saturated heterocycles. The van der Waals surface area contributed by atoms with Crippen LogP contribution in [0, 0.1) is 0 Å². The summed E-state index contributed by atoms with van der Waals surface area (Å²) in [6.07, 6.45) is -5.40. The van der Waals surface area contributed by atoms with Crippen LogP contribution in [0.15, 0.2) is 6.20 Å². The highest BCUT2D eigenvalue weighted by Crippen LogP contribution is 2.27. The van der Waals surface area contributed by atoms with Crippen LogP contribution in [0.2, 0.25) is 0 Å². The van der Waals surface area contributed by atoms with E-state index in [4.69, 9.17) is 0 Å². The zero-order chi connectivity index (χ0) is 9.90. The van der Waals surface area contributed by atoms with Crippen LogP contribution in [0.3, 0.4) is 0 Å². The summed E-state index contributed by atoms with van der Waals surface area (Å²) in [5.41, 5.74) is 0. The number of hydrogen-bond acceptors (Lipinski definition) is 4. The summed E-state index contributed by atoms with van der Waals surface area (Å²) < 4.78 is 38.6. The molecular formula is C6H7F3N2OS. The van der Waals surface area contributed by atoms with Crippen molar-refractivity contribution in [1.82, 2.24) is 9.59 Å². The molecule has 0 aliphatic heterocycles. The van der Waals surface area contributed by atoms with Crippen LogP contribution in [-0.4, -0.2) is 20.9 Å². The Labute approximate surface area is 76.4 Å². The molecule has 7 heteroatoms. The van der Waals surface area contributed by atoms with Gasteiger partial charge in [0.05, 0.1) is 17.2 Å². The molecule has 0 aliphatic rings. The first-order valence-electron chi connectivity index (χ1n) is 3.51. The van der Waals surface area contributed by atoms with Crippen molar-refractivity contribution in [2.45, 2.75) is 25.1 Å². The quantitative estimate of drug-likeness (QED) is 0.832. The minimum atomic E-state index is -4.22. The van der Waals surface area contributed by atoms with Gasteiger partial charge in [-0.25, -0.2) is 0 Å². The molecule has 1 rings (SSSR count). The molecule has 0 saturated carbocycles. The maximum Gasteiger partial charge on any atom is 0.389 e. The Bertz CT molecular complexity index is 249. The minimum Gasteiger partial charge on any atom is -0.387 e. The van der Waals surface area contributed by atoms with Crippen LogP contribution in [-0.2, 0) is 0 Å². The Balaban J connectivity index is 2.39. The topological polar surface area (TPSA) is 46.0 Å². The Morgan fingerprint density at radius 2 is 2.23 bits per heavy atom. The fraction of sp³-hybridized carbons (Fsp3) is 0.667. The van der Waals surface area contributed by atoms with Gasteiger partial charge in [0.25, 0.3) is 0 Å². The molecule has 1 aromatic rings. The highest BCUT2D eigenvalue weighted by molar-refractivity contribution is 7.05. The minimum absolute atomic E-state index is 0.340. The lowest BCUT2D eigenvalue weighted by Gasteiger charge is -2.09. The maximum atomic E-state index is 11.7. The summed E-state index contributed by atoms with van der Waals surface area (Å²) in [7, 11) is 0. The highest BCUT2D eigenvalue weighted by atomic mass is 32.1. The number of hydrogen-bond donors (Lipinski definition) is 1. The van der Waals surface area contributed by atoms with Gasteiger partial charge in [-0.05, 0) is 18.0 Å². The van der Waals surface area contributed by atoms with Crippen LogP contribution in [0.1, 0.15) is 23.8 Å². The lowest BCUT2D eigenvalue weighted by Crippen LogP contribution is -2.09.